The summed E-state index contributed by atoms with van der Waals surface area (Å²) < 4.78 is 49.1. The number of anilines is 1. The summed E-state index contributed by atoms with van der Waals surface area (Å²) >= 11 is 1.12. The third kappa shape index (κ3) is 4.92. The average molecular weight is 554 g/mol. The Labute approximate surface area is 223 Å². The molecule has 200 valence electrons. The van der Waals surface area contributed by atoms with Crippen LogP contribution in [0.15, 0.2) is 76.3 Å². The lowest BCUT2D eigenvalue weighted by Crippen LogP contribution is -2.41. The molecular weight excluding hydrogens is 531 g/mol. The zero-order valence-corrected chi connectivity index (χ0v) is 21.7. The summed E-state index contributed by atoms with van der Waals surface area (Å²) in [6, 6.07) is 17.0. The van der Waals surface area contributed by atoms with Gasteiger partial charge in [-0.25, -0.2) is 4.79 Å². The van der Waals surface area contributed by atoms with Gasteiger partial charge in [0.1, 0.15) is 17.0 Å². The van der Waals surface area contributed by atoms with Gasteiger partial charge in [-0.15, -0.1) is 11.3 Å². The first kappa shape index (κ1) is 26.2. The molecule has 39 heavy (non-hydrogen) atoms. The van der Waals surface area contributed by atoms with E-state index >= 15 is 0 Å². The van der Waals surface area contributed by atoms with Gasteiger partial charge in [0, 0.05) is 10.1 Å². The van der Waals surface area contributed by atoms with E-state index in [1.807, 2.05) is 6.92 Å². The molecule has 0 atom stereocenters. The van der Waals surface area contributed by atoms with Crippen LogP contribution in [0.3, 0.4) is 0 Å². The monoisotopic (exact) mass is 553 g/mol. The predicted molar refractivity (Wildman–Crippen MR) is 145 cm³/mol. The number of hydrogen-bond acceptors (Lipinski definition) is 5. The molecule has 0 saturated heterocycles. The highest BCUT2D eigenvalue weighted by Crippen LogP contribution is 2.33. The van der Waals surface area contributed by atoms with Crippen molar-refractivity contribution in [3.8, 4) is 5.75 Å². The van der Waals surface area contributed by atoms with Crippen molar-refractivity contribution < 1.29 is 22.7 Å². The number of halogens is 3. The summed E-state index contributed by atoms with van der Waals surface area (Å²) in [4.78, 5) is 40.4. The first-order chi connectivity index (χ1) is 18.6. The van der Waals surface area contributed by atoms with E-state index in [4.69, 9.17) is 4.74 Å². The van der Waals surface area contributed by atoms with Crippen LogP contribution < -0.4 is 21.3 Å². The highest BCUT2D eigenvalue weighted by Gasteiger charge is 2.33. The van der Waals surface area contributed by atoms with E-state index in [9.17, 15) is 27.6 Å². The molecule has 0 aliphatic carbocycles. The minimum atomic E-state index is -4.67. The van der Waals surface area contributed by atoms with E-state index in [0.717, 1.165) is 32.1 Å². The van der Waals surface area contributed by atoms with E-state index < -0.39 is 42.0 Å². The van der Waals surface area contributed by atoms with Crippen molar-refractivity contribution in [3.63, 3.8) is 0 Å². The Morgan fingerprint density at radius 1 is 1.00 bits per heavy atom. The second-order valence-electron chi connectivity index (χ2n) is 8.94. The Morgan fingerprint density at radius 2 is 1.72 bits per heavy atom. The fourth-order valence-electron chi connectivity index (χ4n) is 4.52. The average Bonchev–Trinajstić information content (AvgIpc) is 3.29. The molecule has 5 aromatic rings. The Balaban J connectivity index is 1.66. The number of aromatic nitrogens is 2. The number of carbonyl (C=O) groups excluding carboxylic acids is 1. The van der Waals surface area contributed by atoms with Crippen LogP contribution in [-0.4, -0.2) is 22.2 Å². The summed E-state index contributed by atoms with van der Waals surface area (Å²) in [6.07, 6.45) is -4.67. The van der Waals surface area contributed by atoms with E-state index in [1.165, 1.54) is 25.3 Å². The molecule has 2 aromatic heterocycles. The number of fused-ring (bicyclic) bond motifs is 3. The van der Waals surface area contributed by atoms with Crippen molar-refractivity contribution in [3.05, 3.63) is 104 Å². The largest absolute Gasteiger partial charge is 0.495 e. The van der Waals surface area contributed by atoms with E-state index in [0.29, 0.717) is 21.5 Å². The molecule has 5 rings (SSSR count). The number of amides is 1. The van der Waals surface area contributed by atoms with Gasteiger partial charge in [0.05, 0.1) is 30.4 Å². The van der Waals surface area contributed by atoms with Gasteiger partial charge >= 0.3 is 11.9 Å². The Kier molecular flexibility index (Phi) is 6.77. The van der Waals surface area contributed by atoms with Crippen LogP contribution in [0.5, 0.6) is 5.75 Å². The smallest absolute Gasteiger partial charge is 0.416 e. The Morgan fingerprint density at radius 3 is 2.46 bits per heavy atom. The number of hydrogen-bond donors (Lipinski definition) is 1. The number of aryl methyl sites for hydroxylation is 1. The number of rotatable bonds is 6. The standard InChI is InChI=1S/C28H22F3N3O4S/c1-16-11-12-20(21(13-16)38-2)32-23(35)15-33-24-18-8-4-6-10-22(18)39-25(24)26(36)34(27(33)37)14-17-7-3-5-9-19(17)28(29,30)31/h3-13H,14-15H2,1-2H3,(H,32,35). The van der Waals surface area contributed by atoms with Crippen LogP contribution in [0.2, 0.25) is 0 Å². The molecule has 0 saturated carbocycles. The normalized spacial score (nSPS) is 11.7. The van der Waals surface area contributed by atoms with E-state index in [-0.39, 0.29) is 15.8 Å². The summed E-state index contributed by atoms with van der Waals surface area (Å²) in [7, 11) is 1.46. The van der Waals surface area contributed by atoms with Crippen LogP contribution >= 0.6 is 11.3 Å². The number of nitrogens with zero attached hydrogens (tertiary/aromatic N) is 2. The maximum absolute atomic E-state index is 13.7. The van der Waals surface area contributed by atoms with Crippen LogP contribution in [-0.2, 0) is 24.1 Å². The minimum Gasteiger partial charge on any atom is -0.495 e. The van der Waals surface area contributed by atoms with Crippen LogP contribution in [0.25, 0.3) is 20.3 Å². The number of carbonyl (C=O) groups is 1. The molecule has 0 aliphatic heterocycles. The van der Waals surface area contributed by atoms with Gasteiger partial charge in [0.2, 0.25) is 5.91 Å². The first-order valence-corrected chi connectivity index (χ1v) is 12.6. The highest BCUT2D eigenvalue weighted by molar-refractivity contribution is 7.25. The van der Waals surface area contributed by atoms with E-state index in [1.54, 1.807) is 42.5 Å². The molecular formula is C28H22F3N3O4S. The molecule has 2 heterocycles. The van der Waals surface area contributed by atoms with Gasteiger partial charge in [0.15, 0.2) is 0 Å². The Bertz CT molecular complexity index is 1850. The summed E-state index contributed by atoms with van der Waals surface area (Å²) in [5, 5.41) is 3.32. The van der Waals surface area contributed by atoms with Gasteiger partial charge < -0.3 is 10.1 Å². The lowest BCUT2D eigenvalue weighted by atomic mass is 10.1. The van der Waals surface area contributed by atoms with Gasteiger partial charge in [0.25, 0.3) is 5.56 Å². The minimum absolute atomic E-state index is 0.168. The number of alkyl halides is 3. The van der Waals surface area contributed by atoms with Gasteiger partial charge in [-0.2, -0.15) is 13.2 Å². The van der Waals surface area contributed by atoms with E-state index in [2.05, 4.69) is 5.32 Å². The topological polar surface area (TPSA) is 82.3 Å². The van der Waals surface area contributed by atoms with Crippen LogP contribution in [0.1, 0.15) is 16.7 Å². The van der Waals surface area contributed by atoms with Crippen molar-refractivity contribution >= 4 is 43.2 Å². The molecule has 0 bridgehead atoms. The fraction of sp³-hybridized carbons (Fsp3) is 0.179. The molecule has 7 nitrogen and oxygen atoms in total. The number of benzene rings is 3. The SMILES string of the molecule is COc1cc(C)ccc1NC(=O)Cn1c(=O)n(Cc2ccccc2C(F)(F)F)c(=O)c2sc3ccccc3c21. The molecule has 0 unspecified atom stereocenters. The summed E-state index contributed by atoms with van der Waals surface area (Å²) in [5.41, 5.74) is -1.21. The summed E-state index contributed by atoms with van der Waals surface area (Å²) in [6.45, 7) is 0.783. The molecule has 0 spiro atoms. The van der Waals surface area contributed by atoms with Crippen LogP contribution in [0, 0.1) is 6.92 Å². The zero-order chi connectivity index (χ0) is 27.9. The van der Waals surface area contributed by atoms with Crippen molar-refractivity contribution in [1.29, 1.82) is 0 Å². The second-order valence-corrected chi connectivity index (χ2v) is 9.99. The molecule has 0 fully saturated rings. The maximum Gasteiger partial charge on any atom is 0.416 e. The molecule has 3 aromatic carbocycles. The third-order valence-electron chi connectivity index (χ3n) is 6.32. The fourth-order valence-corrected chi connectivity index (χ4v) is 5.68. The number of thiophene rings is 1. The lowest BCUT2D eigenvalue weighted by molar-refractivity contribution is -0.138. The summed E-state index contributed by atoms with van der Waals surface area (Å²) in [5.74, 6) is -0.146. The maximum atomic E-state index is 13.7. The van der Waals surface area contributed by atoms with Crippen molar-refractivity contribution in [1.82, 2.24) is 9.13 Å². The van der Waals surface area contributed by atoms with Crippen molar-refractivity contribution in [2.75, 3.05) is 12.4 Å². The molecule has 1 amide bonds. The molecule has 0 aliphatic rings. The zero-order valence-electron chi connectivity index (χ0n) is 20.8. The number of methoxy groups -OCH3 is 1. The van der Waals surface area contributed by atoms with Crippen LogP contribution in [0.4, 0.5) is 18.9 Å². The third-order valence-corrected chi connectivity index (χ3v) is 7.47. The second kappa shape index (κ2) is 10.1. The van der Waals surface area contributed by atoms with Gasteiger partial charge in [-0.3, -0.25) is 18.7 Å². The first-order valence-electron chi connectivity index (χ1n) is 11.8. The number of nitrogens with one attached hydrogen (secondary N) is 1. The quantitative estimate of drug-likeness (QED) is 0.305. The van der Waals surface area contributed by atoms with Crippen molar-refractivity contribution in [2.24, 2.45) is 0 Å². The Hall–Kier alpha value is -4.38. The number of ether oxygens (including phenoxy) is 1. The van der Waals surface area contributed by atoms with Crippen molar-refractivity contribution in [2.45, 2.75) is 26.2 Å². The molecule has 1 N–H and O–H groups in total. The molecule has 11 heteroatoms. The molecule has 0 radical (unpaired) electrons. The van der Waals surface area contributed by atoms with Gasteiger partial charge in [-0.05, 0) is 42.3 Å². The predicted octanol–water partition coefficient (Wildman–Crippen LogP) is 5.40. The van der Waals surface area contributed by atoms with Gasteiger partial charge in [-0.1, -0.05) is 42.5 Å². The lowest BCUT2D eigenvalue weighted by Gasteiger charge is -2.16. The highest BCUT2D eigenvalue weighted by atomic mass is 32.1.